The molecule has 1 heterocycles. The Balaban J connectivity index is 2.24. The van der Waals surface area contributed by atoms with E-state index < -0.39 is 5.60 Å². The molecule has 0 amide bonds. The summed E-state index contributed by atoms with van der Waals surface area (Å²) < 4.78 is 7.26. The summed E-state index contributed by atoms with van der Waals surface area (Å²) in [6, 6.07) is 18.1. The molecule has 3 heteroatoms. The second-order valence-electron chi connectivity index (χ2n) is 6.66. The van der Waals surface area contributed by atoms with Crippen molar-refractivity contribution in [3.05, 3.63) is 60.3 Å². The molecule has 0 aliphatic heterocycles. The van der Waals surface area contributed by atoms with Crippen LogP contribution in [-0.2, 0) is 4.74 Å². The van der Waals surface area contributed by atoms with Crippen LogP contribution >= 0.6 is 0 Å². The summed E-state index contributed by atoms with van der Waals surface area (Å²) in [7, 11) is 0. The van der Waals surface area contributed by atoms with Crippen LogP contribution < -0.4 is 0 Å². The number of hydrogen-bond donors (Lipinski definition) is 0. The van der Waals surface area contributed by atoms with E-state index in [2.05, 4.69) is 12.1 Å². The van der Waals surface area contributed by atoms with E-state index in [1.54, 1.807) is 4.57 Å². The zero-order valence-electron chi connectivity index (χ0n) is 14.0. The number of nitrogens with zero attached hydrogens (tertiary/aromatic N) is 1. The van der Waals surface area contributed by atoms with Crippen LogP contribution in [-0.4, -0.2) is 16.3 Å². The van der Waals surface area contributed by atoms with Gasteiger partial charge in [0, 0.05) is 16.6 Å². The monoisotopic (exact) mass is 307 g/mol. The molecule has 0 bridgehead atoms. The maximum atomic E-state index is 12.7. The summed E-state index contributed by atoms with van der Waals surface area (Å²) in [5.41, 5.74) is 3.42. The summed E-state index contributed by atoms with van der Waals surface area (Å²) in [6.07, 6.45) is -0.339. The van der Waals surface area contributed by atoms with E-state index in [1.165, 1.54) is 0 Å². The van der Waals surface area contributed by atoms with Gasteiger partial charge < -0.3 is 4.74 Å². The molecule has 3 nitrogen and oxygen atoms in total. The highest BCUT2D eigenvalue weighted by Crippen LogP contribution is 2.34. The third-order valence-corrected chi connectivity index (χ3v) is 3.75. The Morgan fingerprint density at radius 2 is 1.57 bits per heavy atom. The lowest BCUT2D eigenvalue weighted by Crippen LogP contribution is -2.27. The molecule has 2 aromatic carbocycles. The number of aromatic nitrogens is 1. The molecule has 0 atom stereocenters. The number of ether oxygens (including phenoxy) is 1. The van der Waals surface area contributed by atoms with E-state index in [-0.39, 0.29) is 6.09 Å². The number of benzene rings is 2. The normalized spacial score (nSPS) is 11.7. The highest BCUT2D eigenvalue weighted by molar-refractivity contribution is 6.02. The maximum absolute atomic E-state index is 12.7. The van der Waals surface area contributed by atoms with E-state index in [0.29, 0.717) is 0 Å². The first-order valence-corrected chi connectivity index (χ1v) is 7.77. The van der Waals surface area contributed by atoms with Gasteiger partial charge in [0.1, 0.15) is 5.60 Å². The van der Waals surface area contributed by atoms with E-state index in [9.17, 15) is 4.79 Å². The number of rotatable bonds is 1. The zero-order valence-corrected chi connectivity index (χ0v) is 14.0. The van der Waals surface area contributed by atoms with Crippen LogP contribution in [0.5, 0.6) is 0 Å². The van der Waals surface area contributed by atoms with Gasteiger partial charge in [0.15, 0.2) is 0 Å². The molecule has 0 saturated heterocycles. The van der Waals surface area contributed by atoms with E-state index in [4.69, 9.17) is 4.74 Å². The highest BCUT2D eigenvalue weighted by Gasteiger charge is 2.23. The smallest absolute Gasteiger partial charge is 0.419 e. The molecular weight excluding hydrogens is 286 g/mol. The molecule has 0 aliphatic rings. The Labute approximate surface area is 136 Å². The van der Waals surface area contributed by atoms with Crippen molar-refractivity contribution in [2.24, 2.45) is 0 Å². The summed E-state index contributed by atoms with van der Waals surface area (Å²) in [5.74, 6) is 0. The summed E-state index contributed by atoms with van der Waals surface area (Å²) in [6.45, 7) is 7.60. The van der Waals surface area contributed by atoms with Gasteiger partial charge in [0.2, 0.25) is 0 Å². The quantitative estimate of drug-likeness (QED) is 0.602. The van der Waals surface area contributed by atoms with Gasteiger partial charge in [-0.2, -0.15) is 0 Å². The van der Waals surface area contributed by atoms with Crippen molar-refractivity contribution < 1.29 is 9.53 Å². The van der Waals surface area contributed by atoms with Crippen molar-refractivity contribution in [2.45, 2.75) is 33.3 Å². The van der Waals surface area contributed by atoms with Gasteiger partial charge in [0.05, 0.1) is 5.52 Å². The molecule has 0 unspecified atom stereocenters. The van der Waals surface area contributed by atoms with E-state index in [1.807, 2.05) is 70.2 Å². The maximum Gasteiger partial charge on any atom is 0.419 e. The van der Waals surface area contributed by atoms with Crippen molar-refractivity contribution in [1.29, 1.82) is 0 Å². The van der Waals surface area contributed by atoms with Crippen LogP contribution in [0.15, 0.2) is 54.6 Å². The molecule has 0 aliphatic carbocycles. The number of hydrogen-bond acceptors (Lipinski definition) is 2. The van der Waals surface area contributed by atoms with Gasteiger partial charge in [-0.25, -0.2) is 9.36 Å². The third-order valence-electron chi connectivity index (χ3n) is 3.75. The minimum atomic E-state index is -0.526. The van der Waals surface area contributed by atoms with Crippen LogP contribution in [0, 0.1) is 6.92 Å². The van der Waals surface area contributed by atoms with E-state index >= 15 is 0 Å². The molecule has 23 heavy (non-hydrogen) atoms. The van der Waals surface area contributed by atoms with Gasteiger partial charge in [-0.1, -0.05) is 48.5 Å². The molecule has 1 aromatic heterocycles. The first-order valence-electron chi connectivity index (χ1n) is 7.77. The number of carbonyl (C=O) groups excluding carboxylic acids is 1. The number of fused-ring (bicyclic) bond motifs is 1. The SMILES string of the molecule is Cc1c(-c2ccccc2)c2ccccc2n1C(=O)OC(C)(C)C. The van der Waals surface area contributed by atoms with Crippen molar-refractivity contribution in [3.63, 3.8) is 0 Å². The standard InChI is InChI=1S/C20H21NO2/c1-14-18(15-10-6-5-7-11-15)16-12-8-9-13-17(16)21(14)19(22)23-20(2,3)4/h5-13H,1-4H3. The Kier molecular flexibility index (Phi) is 3.72. The second-order valence-corrected chi connectivity index (χ2v) is 6.66. The van der Waals surface area contributed by atoms with Gasteiger partial charge in [-0.05, 0) is 39.3 Å². The average Bonchev–Trinajstić information content (AvgIpc) is 2.78. The second kappa shape index (κ2) is 5.58. The fraction of sp³-hybridized carbons (Fsp3) is 0.250. The predicted octanol–water partition coefficient (Wildman–Crippen LogP) is 5.40. The Bertz CT molecular complexity index is 854. The molecule has 0 N–H and O–H groups in total. The van der Waals surface area contributed by atoms with Crippen molar-refractivity contribution >= 4 is 17.0 Å². The lowest BCUT2D eigenvalue weighted by atomic mass is 10.0. The molecule has 3 aromatic rings. The molecule has 3 rings (SSSR count). The fourth-order valence-electron chi connectivity index (χ4n) is 2.88. The van der Waals surface area contributed by atoms with Crippen LogP contribution in [0.25, 0.3) is 22.0 Å². The molecule has 0 spiro atoms. The van der Waals surface area contributed by atoms with Crippen LogP contribution in [0.4, 0.5) is 4.79 Å². The first kappa shape index (κ1) is 15.3. The van der Waals surface area contributed by atoms with E-state index in [0.717, 1.165) is 27.7 Å². The predicted molar refractivity (Wildman–Crippen MR) is 93.7 cm³/mol. The largest absolute Gasteiger partial charge is 0.443 e. The molecule has 0 fully saturated rings. The first-order chi connectivity index (χ1) is 10.9. The van der Waals surface area contributed by atoms with Crippen molar-refractivity contribution in [3.8, 4) is 11.1 Å². The Hall–Kier alpha value is -2.55. The van der Waals surface area contributed by atoms with Crippen molar-refractivity contribution in [2.75, 3.05) is 0 Å². The topological polar surface area (TPSA) is 31.2 Å². The third kappa shape index (κ3) is 2.87. The Morgan fingerprint density at radius 3 is 2.22 bits per heavy atom. The lowest BCUT2D eigenvalue weighted by molar-refractivity contribution is 0.0542. The molecule has 0 saturated carbocycles. The van der Waals surface area contributed by atoms with Crippen LogP contribution in [0.1, 0.15) is 26.5 Å². The fourth-order valence-corrected chi connectivity index (χ4v) is 2.88. The lowest BCUT2D eigenvalue weighted by Gasteiger charge is -2.20. The zero-order chi connectivity index (χ0) is 16.6. The minimum absolute atomic E-state index is 0.339. The average molecular weight is 307 g/mol. The molecular formula is C20H21NO2. The summed E-state index contributed by atoms with van der Waals surface area (Å²) in [4.78, 5) is 12.7. The number of carbonyl (C=O) groups is 1. The summed E-state index contributed by atoms with van der Waals surface area (Å²) in [5, 5.41) is 1.06. The molecule has 118 valence electrons. The minimum Gasteiger partial charge on any atom is -0.443 e. The van der Waals surface area contributed by atoms with Gasteiger partial charge in [-0.3, -0.25) is 0 Å². The van der Waals surface area contributed by atoms with Gasteiger partial charge in [0.25, 0.3) is 0 Å². The number of para-hydroxylation sites is 1. The van der Waals surface area contributed by atoms with Crippen molar-refractivity contribution in [1.82, 2.24) is 4.57 Å². The highest BCUT2D eigenvalue weighted by atomic mass is 16.6. The van der Waals surface area contributed by atoms with Crippen LogP contribution in [0.2, 0.25) is 0 Å². The molecule has 0 radical (unpaired) electrons. The van der Waals surface area contributed by atoms with Gasteiger partial charge in [-0.15, -0.1) is 0 Å². The van der Waals surface area contributed by atoms with Gasteiger partial charge >= 0.3 is 6.09 Å². The van der Waals surface area contributed by atoms with Crippen LogP contribution in [0.3, 0.4) is 0 Å². The summed E-state index contributed by atoms with van der Waals surface area (Å²) >= 11 is 0. The Morgan fingerprint density at radius 1 is 0.957 bits per heavy atom.